The highest BCUT2D eigenvalue weighted by Gasteiger charge is 2.31. The van der Waals surface area contributed by atoms with E-state index in [1.807, 2.05) is 6.92 Å². The molecule has 0 saturated carbocycles. The van der Waals surface area contributed by atoms with E-state index in [9.17, 15) is 8.42 Å². The molecule has 1 atom stereocenters. The monoisotopic (exact) mass is 321 g/mol. The summed E-state index contributed by atoms with van der Waals surface area (Å²) < 4.78 is 26.6. The number of hydrogen-bond acceptors (Lipinski definition) is 5. The van der Waals surface area contributed by atoms with Crippen LogP contribution in [-0.2, 0) is 10.0 Å². The van der Waals surface area contributed by atoms with Crippen LogP contribution in [0, 0.1) is 0 Å². The van der Waals surface area contributed by atoms with Gasteiger partial charge in [0.2, 0.25) is 10.0 Å². The summed E-state index contributed by atoms with van der Waals surface area (Å²) in [5.41, 5.74) is 0. The number of thioether (sulfide) groups is 1. The van der Waals surface area contributed by atoms with Crippen LogP contribution in [0.5, 0.6) is 0 Å². The molecule has 1 aromatic heterocycles. The molecule has 2 heterocycles. The fourth-order valence-electron chi connectivity index (χ4n) is 1.95. The Morgan fingerprint density at radius 1 is 1.58 bits per heavy atom. The molecule has 1 aromatic rings. The lowest BCUT2D eigenvalue weighted by atomic mass is 10.4. The lowest BCUT2D eigenvalue weighted by Gasteiger charge is -2.31. The van der Waals surface area contributed by atoms with Gasteiger partial charge in [0, 0.05) is 37.3 Å². The summed E-state index contributed by atoms with van der Waals surface area (Å²) >= 11 is 7.77. The van der Waals surface area contributed by atoms with Gasteiger partial charge in [-0.25, -0.2) is 13.4 Å². The molecule has 0 spiro atoms. The Morgan fingerprint density at radius 3 is 2.89 bits per heavy atom. The van der Waals surface area contributed by atoms with Gasteiger partial charge in [-0.3, -0.25) is 0 Å². The summed E-state index contributed by atoms with van der Waals surface area (Å²) in [5, 5.41) is 3.12. The van der Waals surface area contributed by atoms with Crippen molar-refractivity contribution in [2.24, 2.45) is 0 Å². The number of nitrogens with one attached hydrogen (secondary N) is 1. The van der Waals surface area contributed by atoms with Gasteiger partial charge in [-0.1, -0.05) is 11.6 Å². The van der Waals surface area contributed by atoms with Crippen molar-refractivity contribution >= 4 is 39.2 Å². The molecule has 0 amide bonds. The van der Waals surface area contributed by atoms with Crippen molar-refractivity contribution in [1.82, 2.24) is 9.29 Å². The van der Waals surface area contributed by atoms with E-state index in [2.05, 4.69) is 10.3 Å². The van der Waals surface area contributed by atoms with E-state index in [-0.39, 0.29) is 10.9 Å². The van der Waals surface area contributed by atoms with Crippen molar-refractivity contribution in [1.29, 1.82) is 0 Å². The lowest BCUT2D eigenvalue weighted by molar-refractivity contribution is 0.367. The number of aromatic nitrogens is 1. The molecule has 0 aliphatic carbocycles. The maximum atomic E-state index is 12.5. The van der Waals surface area contributed by atoms with E-state index < -0.39 is 10.0 Å². The highest BCUT2D eigenvalue weighted by atomic mass is 35.5. The van der Waals surface area contributed by atoms with Gasteiger partial charge in [0.15, 0.2) is 0 Å². The topological polar surface area (TPSA) is 62.3 Å². The molecule has 1 N–H and O–H groups in total. The molecule has 5 nitrogen and oxygen atoms in total. The largest absolute Gasteiger partial charge is 0.372 e. The maximum absolute atomic E-state index is 12.5. The fraction of sp³-hybridized carbons (Fsp3) is 0.545. The van der Waals surface area contributed by atoms with Crippen LogP contribution < -0.4 is 5.32 Å². The standard InChI is InChI=1S/C11H16ClN3O2S2/c1-8-7-18-4-3-15(8)19(16,17)9-5-10(12)11(13-2)14-6-9/h5-6,8H,3-4,7H2,1-2H3,(H,13,14). The number of anilines is 1. The van der Waals surface area contributed by atoms with Crippen LogP contribution in [0.3, 0.4) is 0 Å². The molecule has 1 fully saturated rings. The molecule has 1 unspecified atom stereocenters. The van der Waals surface area contributed by atoms with E-state index in [0.717, 1.165) is 11.5 Å². The molecular weight excluding hydrogens is 306 g/mol. The SMILES string of the molecule is CNc1ncc(S(=O)(=O)N2CCSCC2C)cc1Cl. The highest BCUT2D eigenvalue weighted by Crippen LogP contribution is 2.27. The summed E-state index contributed by atoms with van der Waals surface area (Å²) in [5.74, 6) is 2.11. The summed E-state index contributed by atoms with van der Waals surface area (Å²) in [4.78, 5) is 4.18. The summed E-state index contributed by atoms with van der Waals surface area (Å²) in [6.45, 7) is 2.44. The quantitative estimate of drug-likeness (QED) is 0.921. The molecule has 0 radical (unpaired) electrons. The second-order valence-electron chi connectivity index (χ2n) is 4.29. The van der Waals surface area contributed by atoms with E-state index >= 15 is 0 Å². The van der Waals surface area contributed by atoms with Crippen LogP contribution in [0.1, 0.15) is 6.92 Å². The smallest absolute Gasteiger partial charge is 0.244 e. The predicted octanol–water partition coefficient (Wildman–Crippen LogP) is 1.90. The Bertz CT molecular complexity index is 565. The minimum atomic E-state index is -3.51. The molecule has 8 heteroatoms. The first-order valence-corrected chi connectivity index (χ1v) is 8.87. The van der Waals surface area contributed by atoms with Gasteiger partial charge in [-0.15, -0.1) is 0 Å². The average molecular weight is 322 g/mol. The molecular formula is C11H16ClN3O2S2. The second kappa shape index (κ2) is 5.87. The van der Waals surface area contributed by atoms with Crippen LogP contribution in [-0.4, -0.2) is 48.8 Å². The number of rotatable bonds is 3. The van der Waals surface area contributed by atoms with Crippen molar-refractivity contribution < 1.29 is 8.42 Å². The highest BCUT2D eigenvalue weighted by molar-refractivity contribution is 7.99. The third kappa shape index (κ3) is 2.99. The molecule has 2 rings (SSSR count). The number of sulfonamides is 1. The Morgan fingerprint density at radius 2 is 2.32 bits per heavy atom. The number of pyridine rings is 1. The molecule has 1 aliphatic rings. The van der Waals surface area contributed by atoms with Gasteiger partial charge >= 0.3 is 0 Å². The van der Waals surface area contributed by atoms with Gasteiger partial charge in [0.25, 0.3) is 0 Å². The van der Waals surface area contributed by atoms with Crippen molar-refractivity contribution in [2.75, 3.05) is 30.4 Å². The zero-order valence-electron chi connectivity index (χ0n) is 10.8. The fourth-order valence-corrected chi connectivity index (χ4v) is 5.10. The van der Waals surface area contributed by atoms with Gasteiger partial charge in [-0.05, 0) is 13.0 Å². The van der Waals surface area contributed by atoms with E-state index in [1.165, 1.54) is 16.6 Å². The van der Waals surface area contributed by atoms with Crippen LogP contribution in [0.25, 0.3) is 0 Å². The molecule has 0 aromatic carbocycles. The van der Waals surface area contributed by atoms with Gasteiger partial charge in [-0.2, -0.15) is 16.1 Å². The zero-order valence-corrected chi connectivity index (χ0v) is 13.1. The summed E-state index contributed by atoms with van der Waals surface area (Å²) in [6.07, 6.45) is 1.35. The van der Waals surface area contributed by atoms with Gasteiger partial charge < -0.3 is 5.32 Å². The maximum Gasteiger partial charge on any atom is 0.244 e. The Labute approximate surface area is 122 Å². The average Bonchev–Trinajstić information content (AvgIpc) is 2.39. The van der Waals surface area contributed by atoms with E-state index in [1.54, 1.807) is 18.8 Å². The zero-order chi connectivity index (χ0) is 14.0. The van der Waals surface area contributed by atoms with Crippen molar-refractivity contribution in [3.8, 4) is 0 Å². The summed E-state index contributed by atoms with van der Waals surface area (Å²) in [7, 11) is -1.83. The third-order valence-electron chi connectivity index (χ3n) is 2.97. The minimum absolute atomic E-state index is 0.00787. The van der Waals surface area contributed by atoms with Gasteiger partial charge in [0.05, 0.1) is 5.02 Å². The number of halogens is 1. The Balaban J connectivity index is 2.36. The van der Waals surface area contributed by atoms with Crippen molar-refractivity contribution in [3.05, 3.63) is 17.3 Å². The van der Waals surface area contributed by atoms with Crippen LogP contribution in [0.15, 0.2) is 17.2 Å². The molecule has 1 aliphatic heterocycles. The lowest BCUT2D eigenvalue weighted by Crippen LogP contribution is -2.44. The van der Waals surface area contributed by atoms with E-state index in [4.69, 9.17) is 11.6 Å². The third-order valence-corrected chi connectivity index (χ3v) is 6.42. The Hall–Kier alpha value is -0.500. The number of nitrogens with zero attached hydrogens (tertiary/aromatic N) is 2. The Kier molecular flexibility index (Phi) is 4.60. The molecule has 0 bridgehead atoms. The van der Waals surface area contributed by atoms with Crippen LogP contribution in [0.2, 0.25) is 5.02 Å². The summed E-state index contributed by atoms with van der Waals surface area (Å²) in [6, 6.07) is 1.44. The normalized spacial score (nSPS) is 21.3. The first-order valence-electron chi connectivity index (χ1n) is 5.89. The van der Waals surface area contributed by atoms with Crippen LogP contribution >= 0.6 is 23.4 Å². The minimum Gasteiger partial charge on any atom is -0.372 e. The van der Waals surface area contributed by atoms with Crippen molar-refractivity contribution in [2.45, 2.75) is 17.9 Å². The van der Waals surface area contributed by atoms with Crippen LogP contribution in [0.4, 0.5) is 5.82 Å². The number of hydrogen-bond donors (Lipinski definition) is 1. The predicted molar refractivity (Wildman–Crippen MR) is 79.5 cm³/mol. The first kappa shape index (κ1) is 14.9. The van der Waals surface area contributed by atoms with Gasteiger partial charge in [0.1, 0.15) is 10.7 Å². The second-order valence-corrected chi connectivity index (χ2v) is 7.74. The van der Waals surface area contributed by atoms with Crippen molar-refractivity contribution in [3.63, 3.8) is 0 Å². The van der Waals surface area contributed by atoms with E-state index in [0.29, 0.717) is 17.4 Å². The molecule has 19 heavy (non-hydrogen) atoms. The molecule has 106 valence electrons. The molecule has 1 saturated heterocycles. The first-order chi connectivity index (χ1) is 8.96.